The smallest absolute Gasteiger partial charge is 0.396 e. The van der Waals surface area contributed by atoms with Crippen LogP contribution in [0.4, 0.5) is 24.5 Å². The summed E-state index contributed by atoms with van der Waals surface area (Å²) in [7, 11) is 0. The summed E-state index contributed by atoms with van der Waals surface area (Å²) in [6.45, 7) is 0.784. The Balaban J connectivity index is 1.91. The quantitative estimate of drug-likeness (QED) is 0.902. The molecule has 0 aromatic carbocycles. The number of alkyl halides is 3. The van der Waals surface area contributed by atoms with Crippen molar-refractivity contribution >= 4 is 11.4 Å². The molecule has 1 unspecified atom stereocenters. The molecule has 3 rings (SSSR count). The number of hydrogen-bond donors (Lipinski definition) is 1. The molecule has 2 aliphatic rings. The highest BCUT2D eigenvalue weighted by Crippen LogP contribution is 2.40. The Bertz CT molecular complexity index is 509. The molecule has 6 heteroatoms. The van der Waals surface area contributed by atoms with E-state index >= 15 is 0 Å². The Hall–Kier alpha value is -1.46. The number of hydrogen-bond acceptors (Lipinski definition) is 3. The average Bonchev–Trinajstić information content (AvgIpc) is 3.08. The van der Waals surface area contributed by atoms with Gasteiger partial charge >= 0.3 is 6.18 Å². The first-order valence-electron chi connectivity index (χ1n) is 7.56. The van der Waals surface area contributed by atoms with Gasteiger partial charge in [0.2, 0.25) is 0 Å². The van der Waals surface area contributed by atoms with E-state index in [2.05, 4.69) is 9.88 Å². The van der Waals surface area contributed by atoms with Crippen molar-refractivity contribution in [3.8, 4) is 0 Å². The first-order valence-corrected chi connectivity index (χ1v) is 7.56. The molecule has 1 aliphatic carbocycles. The van der Waals surface area contributed by atoms with Crippen LogP contribution in [-0.4, -0.2) is 17.6 Å². The highest BCUT2D eigenvalue weighted by Gasteiger charge is 2.37. The second-order valence-corrected chi connectivity index (χ2v) is 6.07. The third kappa shape index (κ3) is 2.80. The van der Waals surface area contributed by atoms with Crippen LogP contribution in [0.2, 0.25) is 0 Å². The number of pyridine rings is 1. The van der Waals surface area contributed by atoms with Crippen LogP contribution >= 0.6 is 0 Å². The molecule has 1 atom stereocenters. The van der Waals surface area contributed by atoms with Gasteiger partial charge in [0.05, 0.1) is 17.6 Å². The Morgan fingerprint density at radius 2 is 1.86 bits per heavy atom. The maximum atomic E-state index is 12.9. The first-order chi connectivity index (χ1) is 9.97. The van der Waals surface area contributed by atoms with Crippen molar-refractivity contribution < 1.29 is 13.2 Å². The lowest BCUT2D eigenvalue weighted by atomic mass is 9.95. The Morgan fingerprint density at radius 1 is 1.14 bits per heavy atom. The van der Waals surface area contributed by atoms with Gasteiger partial charge in [-0.15, -0.1) is 0 Å². The zero-order valence-electron chi connectivity index (χ0n) is 11.9. The van der Waals surface area contributed by atoms with Crippen molar-refractivity contribution in [1.82, 2.24) is 4.98 Å². The van der Waals surface area contributed by atoms with Gasteiger partial charge in [0, 0.05) is 12.6 Å². The minimum absolute atomic E-state index is 0.332. The molecule has 2 N–H and O–H groups in total. The van der Waals surface area contributed by atoms with Crippen molar-refractivity contribution in [3.05, 3.63) is 18.0 Å². The summed E-state index contributed by atoms with van der Waals surface area (Å²) in [6, 6.07) is 1.45. The van der Waals surface area contributed by atoms with Gasteiger partial charge in [-0.2, -0.15) is 13.2 Å². The van der Waals surface area contributed by atoms with E-state index in [0.29, 0.717) is 23.3 Å². The molecular weight excluding hydrogens is 279 g/mol. The fraction of sp³-hybridized carbons (Fsp3) is 0.667. The van der Waals surface area contributed by atoms with Crippen LogP contribution in [0.1, 0.15) is 44.2 Å². The molecule has 2 heterocycles. The fourth-order valence-electron chi connectivity index (χ4n) is 3.78. The highest BCUT2D eigenvalue weighted by atomic mass is 19.4. The Kier molecular flexibility index (Phi) is 3.71. The fourth-order valence-corrected chi connectivity index (χ4v) is 3.78. The maximum Gasteiger partial charge on any atom is 0.433 e. The Labute approximate surface area is 122 Å². The number of halogens is 3. The van der Waals surface area contributed by atoms with Crippen molar-refractivity contribution in [2.75, 3.05) is 17.2 Å². The topological polar surface area (TPSA) is 42.1 Å². The summed E-state index contributed by atoms with van der Waals surface area (Å²) in [4.78, 5) is 5.51. The third-order valence-corrected chi connectivity index (χ3v) is 4.76. The van der Waals surface area contributed by atoms with Crippen LogP contribution in [-0.2, 0) is 6.18 Å². The van der Waals surface area contributed by atoms with Gasteiger partial charge in [-0.25, -0.2) is 4.98 Å². The van der Waals surface area contributed by atoms with Crippen molar-refractivity contribution in [2.45, 2.75) is 50.7 Å². The lowest BCUT2D eigenvalue weighted by Crippen LogP contribution is -2.35. The van der Waals surface area contributed by atoms with Crippen LogP contribution in [0, 0.1) is 5.92 Å². The molecule has 1 saturated heterocycles. The second kappa shape index (κ2) is 5.39. The van der Waals surface area contributed by atoms with Crippen LogP contribution in [0.3, 0.4) is 0 Å². The minimum atomic E-state index is -4.43. The second-order valence-electron chi connectivity index (χ2n) is 6.07. The molecule has 3 nitrogen and oxygen atoms in total. The molecule has 1 aromatic heterocycles. The maximum absolute atomic E-state index is 12.9. The first kappa shape index (κ1) is 14.5. The van der Waals surface area contributed by atoms with Crippen molar-refractivity contribution in [2.24, 2.45) is 5.92 Å². The average molecular weight is 299 g/mol. The monoisotopic (exact) mass is 299 g/mol. The van der Waals surface area contributed by atoms with E-state index in [4.69, 9.17) is 5.73 Å². The molecule has 1 aromatic rings. The molecule has 0 bridgehead atoms. The van der Waals surface area contributed by atoms with Gasteiger partial charge in [-0.3, -0.25) is 0 Å². The molecule has 116 valence electrons. The molecule has 21 heavy (non-hydrogen) atoms. The summed E-state index contributed by atoms with van der Waals surface area (Å²) < 4.78 is 38.6. The minimum Gasteiger partial charge on any atom is -0.396 e. The predicted octanol–water partition coefficient (Wildman–Crippen LogP) is 3.84. The summed E-state index contributed by atoms with van der Waals surface area (Å²) in [5.74, 6) is 0.592. The zero-order valence-corrected chi connectivity index (χ0v) is 11.9. The standard InChI is InChI=1S/C15H20F3N3/c16-15(17,18)14-8-13(11(19)9-20-14)21-7-3-6-12(21)10-4-1-2-5-10/h8-10,12H,1-7,19H2. The van der Waals surface area contributed by atoms with Crippen LogP contribution in [0.25, 0.3) is 0 Å². The number of aromatic nitrogens is 1. The van der Waals surface area contributed by atoms with Crippen molar-refractivity contribution in [1.29, 1.82) is 0 Å². The van der Waals surface area contributed by atoms with E-state index in [1.165, 1.54) is 25.7 Å². The van der Waals surface area contributed by atoms with Gasteiger partial charge in [0.25, 0.3) is 0 Å². The molecule has 2 fully saturated rings. The van der Waals surface area contributed by atoms with Gasteiger partial charge < -0.3 is 10.6 Å². The summed E-state index contributed by atoms with van der Waals surface area (Å²) in [6.07, 6.45) is 3.60. The number of nitrogens with zero attached hydrogens (tertiary/aromatic N) is 2. The van der Waals surface area contributed by atoms with Crippen LogP contribution in [0.5, 0.6) is 0 Å². The zero-order chi connectivity index (χ0) is 15.0. The lowest BCUT2D eigenvalue weighted by Gasteiger charge is -2.32. The number of anilines is 2. The predicted molar refractivity (Wildman–Crippen MR) is 76.0 cm³/mol. The van der Waals surface area contributed by atoms with E-state index < -0.39 is 11.9 Å². The van der Waals surface area contributed by atoms with Gasteiger partial charge in [0.15, 0.2) is 0 Å². The van der Waals surface area contributed by atoms with E-state index in [0.717, 1.165) is 31.6 Å². The molecule has 0 spiro atoms. The van der Waals surface area contributed by atoms with Gasteiger partial charge in [-0.1, -0.05) is 12.8 Å². The SMILES string of the molecule is Nc1cnc(C(F)(F)F)cc1N1CCCC1C1CCCC1. The van der Waals surface area contributed by atoms with Crippen LogP contribution < -0.4 is 10.6 Å². The summed E-state index contributed by atoms with van der Waals surface area (Å²) >= 11 is 0. The number of nitrogens with two attached hydrogens (primary N) is 1. The van der Waals surface area contributed by atoms with Gasteiger partial charge in [0.1, 0.15) is 5.69 Å². The van der Waals surface area contributed by atoms with Gasteiger partial charge in [-0.05, 0) is 37.7 Å². The molecule has 1 saturated carbocycles. The molecule has 0 amide bonds. The normalized spacial score (nSPS) is 24.0. The van der Waals surface area contributed by atoms with Crippen LogP contribution in [0.15, 0.2) is 12.3 Å². The molecular formula is C15H20F3N3. The van der Waals surface area contributed by atoms with E-state index in [1.807, 2.05) is 0 Å². The molecule has 0 radical (unpaired) electrons. The number of rotatable bonds is 2. The Morgan fingerprint density at radius 3 is 2.52 bits per heavy atom. The van der Waals surface area contributed by atoms with E-state index in [9.17, 15) is 13.2 Å². The van der Waals surface area contributed by atoms with E-state index in [1.54, 1.807) is 0 Å². The lowest BCUT2D eigenvalue weighted by molar-refractivity contribution is -0.141. The highest BCUT2D eigenvalue weighted by molar-refractivity contribution is 5.68. The van der Waals surface area contributed by atoms with Crippen molar-refractivity contribution in [3.63, 3.8) is 0 Å². The summed E-state index contributed by atoms with van der Waals surface area (Å²) in [5, 5.41) is 0. The van der Waals surface area contributed by atoms with E-state index in [-0.39, 0.29) is 0 Å². The molecule has 1 aliphatic heterocycles. The number of nitrogen functional groups attached to an aromatic ring is 1. The third-order valence-electron chi connectivity index (χ3n) is 4.76. The largest absolute Gasteiger partial charge is 0.433 e. The summed E-state index contributed by atoms with van der Waals surface area (Å²) in [5.41, 5.74) is 5.89.